The van der Waals surface area contributed by atoms with Crippen LogP contribution in [0.1, 0.15) is 24.8 Å². The molecule has 0 spiro atoms. The molecule has 8 heteroatoms. The van der Waals surface area contributed by atoms with Crippen LogP contribution in [0.3, 0.4) is 0 Å². The molecule has 1 aromatic heterocycles. The molecule has 2 heterocycles. The van der Waals surface area contributed by atoms with Crippen LogP contribution in [-0.2, 0) is 4.79 Å². The first-order valence-electron chi connectivity index (χ1n) is 7.29. The molecule has 1 aliphatic heterocycles. The van der Waals surface area contributed by atoms with Crippen LogP contribution in [0.15, 0.2) is 35.4 Å². The van der Waals surface area contributed by atoms with Gasteiger partial charge in [-0.1, -0.05) is 28.9 Å². The second kappa shape index (κ2) is 6.90. The van der Waals surface area contributed by atoms with Crippen molar-refractivity contribution in [3.8, 4) is 0 Å². The van der Waals surface area contributed by atoms with Crippen LogP contribution >= 0.6 is 23.4 Å². The van der Waals surface area contributed by atoms with Crippen LogP contribution in [0.4, 0.5) is 0 Å². The van der Waals surface area contributed by atoms with E-state index in [1.807, 2.05) is 24.3 Å². The van der Waals surface area contributed by atoms with Gasteiger partial charge in [-0.2, -0.15) is 0 Å². The van der Waals surface area contributed by atoms with Crippen molar-refractivity contribution in [1.82, 2.24) is 19.9 Å². The number of thioether (sulfide) groups is 1. The molecule has 0 radical (unpaired) electrons. The van der Waals surface area contributed by atoms with Gasteiger partial charge in [0.25, 0.3) is 0 Å². The Hall–Kier alpha value is -1.57. The van der Waals surface area contributed by atoms with Gasteiger partial charge in [-0.05, 0) is 19.1 Å². The summed E-state index contributed by atoms with van der Waals surface area (Å²) in [5.41, 5.74) is 0.545. The molecule has 1 aromatic carbocycles. The topological polar surface area (TPSA) is 71.2 Å². The highest BCUT2D eigenvalue weighted by Gasteiger charge is 2.32. The van der Waals surface area contributed by atoms with Gasteiger partial charge < -0.3 is 10.0 Å². The fourth-order valence-electron chi connectivity index (χ4n) is 2.28. The number of hydrogen-bond acceptors (Lipinski definition) is 5. The summed E-state index contributed by atoms with van der Waals surface area (Å²) in [6.45, 7) is 2.88. The minimum Gasteiger partial charge on any atom is -0.387 e. The molecule has 3 rings (SSSR count). The predicted molar refractivity (Wildman–Crippen MR) is 88.4 cm³/mol. The zero-order valence-electron chi connectivity index (χ0n) is 12.6. The summed E-state index contributed by atoms with van der Waals surface area (Å²) in [6.07, 6.45) is 1.10. The third-order valence-electron chi connectivity index (χ3n) is 3.73. The molecule has 1 fully saturated rings. The van der Waals surface area contributed by atoms with Crippen LogP contribution in [0.5, 0.6) is 0 Å². The van der Waals surface area contributed by atoms with E-state index >= 15 is 0 Å². The van der Waals surface area contributed by atoms with Crippen molar-refractivity contribution in [3.63, 3.8) is 0 Å². The number of aliphatic hydroxyl groups excluding tert-OH is 1. The van der Waals surface area contributed by atoms with Crippen LogP contribution in [0.25, 0.3) is 0 Å². The molecule has 122 valence electrons. The van der Waals surface area contributed by atoms with E-state index < -0.39 is 6.10 Å². The zero-order valence-corrected chi connectivity index (χ0v) is 14.2. The molecule has 23 heavy (non-hydrogen) atoms. The fourth-order valence-corrected chi connectivity index (χ4v) is 3.42. The van der Waals surface area contributed by atoms with Gasteiger partial charge in [0, 0.05) is 18.0 Å². The lowest BCUT2D eigenvalue weighted by atomic mass is 10.1. The fraction of sp³-hybridized carbons (Fsp3) is 0.400. The first-order chi connectivity index (χ1) is 11.0. The number of aliphatic hydroxyl groups is 1. The number of rotatable bonds is 5. The highest BCUT2D eigenvalue weighted by atomic mass is 35.5. The van der Waals surface area contributed by atoms with Crippen molar-refractivity contribution in [3.05, 3.63) is 41.2 Å². The Labute approximate surface area is 143 Å². The Bertz CT molecular complexity index is 700. The smallest absolute Gasteiger partial charge is 0.233 e. The summed E-state index contributed by atoms with van der Waals surface area (Å²) in [6, 6.07) is 7.63. The monoisotopic (exact) mass is 352 g/mol. The van der Waals surface area contributed by atoms with Gasteiger partial charge in [-0.15, -0.1) is 16.9 Å². The van der Waals surface area contributed by atoms with Crippen molar-refractivity contribution < 1.29 is 9.90 Å². The SMILES string of the molecule is C[C@@H](O)c1cn(C2CN(C(=O)CSc3ccccc3Cl)C2)nn1. The highest BCUT2D eigenvalue weighted by molar-refractivity contribution is 8.00. The first kappa shape index (κ1) is 16.3. The van der Waals surface area contributed by atoms with Crippen molar-refractivity contribution in [2.45, 2.75) is 24.0 Å². The summed E-state index contributed by atoms with van der Waals surface area (Å²) >= 11 is 7.53. The molecule has 0 unspecified atom stereocenters. The molecule has 1 N–H and O–H groups in total. The summed E-state index contributed by atoms with van der Waals surface area (Å²) in [5, 5.41) is 18.0. The number of nitrogens with zero attached hydrogens (tertiary/aromatic N) is 4. The Morgan fingerprint density at radius 2 is 2.22 bits per heavy atom. The Morgan fingerprint density at radius 1 is 1.48 bits per heavy atom. The minimum atomic E-state index is -0.631. The Balaban J connectivity index is 1.49. The molecule has 0 aliphatic carbocycles. The van der Waals surface area contributed by atoms with Crippen LogP contribution < -0.4 is 0 Å². The van der Waals surface area contributed by atoms with E-state index in [9.17, 15) is 9.90 Å². The van der Waals surface area contributed by atoms with E-state index in [2.05, 4.69) is 10.3 Å². The van der Waals surface area contributed by atoms with E-state index in [0.717, 1.165) is 4.90 Å². The lowest BCUT2D eigenvalue weighted by Crippen LogP contribution is -2.51. The molecule has 1 atom stereocenters. The van der Waals surface area contributed by atoms with Gasteiger partial charge in [0.1, 0.15) is 5.69 Å². The van der Waals surface area contributed by atoms with E-state index in [-0.39, 0.29) is 11.9 Å². The first-order valence-corrected chi connectivity index (χ1v) is 8.66. The van der Waals surface area contributed by atoms with Gasteiger partial charge in [0.2, 0.25) is 5.91 Å². The number of carbonyl (C=O) groups is 1. The van der Waals surface area contributed by atoms with E-state index in [1.165, 1.54) is 11.8 Å². The van der Waals surface area contributed by atoms with Crippen LogP contribution in [0, 0.1) is 0 Å². The molecule has 0 saturated carbocycles. The van der Waals surface area contributed by atoms with Crippen molar-refractivity contribution >= 4 is 29.3 Å². The molecule has 0 bridgehead atoms. The normalized spacial score (nSPS) is 16.2. The number of carbonyl (C=O) groups excluding carboxylic acids is 1. The second-order valence-electron chi connectivity index (χ2n) is 5.47. The average Bonchev–Trinajstić information content (AvgIpc) is 2.94. The number of amides is 1. The Kier molecular flexibility index (Phi) is 4.89. The van der Waals surface area contributed by atoms with Gasteiger partial charge in [-0.3, -0.25) is 4.79 Å². The number of benzene rings is 1. The van der Waals surface area contributed by atoms with Crippen molar-refractivity contribution in [1.29, 1.82) is 0 Å². The zero-order chi connectivity index (χ0) is 16.4. The summed E-state index contributed by atoms with van der Waals surface area (Å²) in [7, 11) is 0. The lowest BCUT2D eigenvalue weighted by molar-refractivity contribution is -0.134. The molecular formula is C15H17ClN4O2S. The molecule has 1 saturated heterocycles. The lowest BCUT2D eigenvalue weighted by Gasteiger charge is -2.38. The van der Waals surface area contributed by atoms with Gasteiger partial charge in [0.15, 0.2) is 0 Å². The molecular weight excluding hydrogens is 336 g/mol. The van der Waals surface area contributed by atoms with Gasteiger partial charge in [-0.25, -0.2) is 4.68 Å². The van der Waals surface area contributed by atoms with Gasteiger partial charge in [0.05, 0.1) is 29.1 Å². The summed E-state index contributed by atoms with van der Waals surface area (Å²) in [4.78, 5) is 14.9. The quantitative estimate of drug-likeness (QED) is 0.835. The predicted octanol–water partition coefficient (Wildman–Crippen LogP) is 2.16. The maximum Gasteiger partial charge on any atom is 0.233 e. The largest absolute Gasteiger partial charge is 0.387 e. The average molecular weight is 353 g/mol. The number of halogens is 1. The summed E-state index contributed by atoms with van der Waals surface area (Å²) in [5.74, 6) is 0.453. The maximum absolute atomic E-state index is 12.2. The molecule has 1 aliphatic rings. The number of likely N-dealkylation sites (tertiary alicyclic amines) is 1. The minimum absolute atomic E-state index is 0.0852. The molecule has 2 aromatic rings. The maximum atomic E-state index is 12.2. The van der Waals surface area contributed by atoms with E-state index in [1.54, 1.807) is 22.7 Å². The second-order valence-corrected chi connectivity index (χ2v) is 6.90. The third kappa shape index (κ3) is 3.68. The van der Waals surface area contributed by atoms with E-state index in [4.69, 9.17) is 11.6 Å². The highest BCUT2D eigenvalue weighted by Crippen LogP contribution is 2.28. The molecule has 6 nitrogen and oxygen atoms in total. The van der Waals surface area contributed by atoms with E-state index in [0.29, 0.717) is 29.6 Å². The third-order valence-corrected chi connectivity index (χ3v) is 5.23. The van der Waals surface area contributed by atoms with Crippen LogP contribution in [0.2, 0.25) is 5.02 Å². The molecule has 1 amide bonds. The van der Waals surface area contributed by atoms with Crippen molar-refractivity contribution in [2.24, 2.45) is 0 Å². The van der Waals surface area contributed by atoms with Crippen LogP contribution in [-0.4, -0.2) is 49.7 Å². The standard InChI is InChI=1S/C15H17ClN4O2S/c1-10(21)13-8-20(18-17-13)11-6-19(7-11)15(22)9-23-14-5-3-2-4-12(14)16/h2-5,8,10-11,21H,6-7,9H2,1H3/t10-/m1/s1. The number of hydrogen-bond donors (Lipinski definition) is 1. The van der Waals surface area contributed by atoms with Gasteiger partial charge >= 0.3 is 0 Å². The Morgan fingerprint density at radius 3 is 2.87 bits per heavy atom. The summed E-state index contributed by atoms with van der Waals surface area (Å²) < 4.78 is 1.72. The number of aromatic nitrogens is 3. The van der Waals surface area contributed by atoms with Crippen molar-refractivity contribution in [2.75, 3.05) is 18.8 Å².